The minimum atomic E-state index is -0.289. The SMILES string of the molecule is C[C@H]1CN(C(=O)c2cn(Cc3cccc(F)c3)nn2)C[C@H](C)N1. The van der Waals surface area contributed by atoms with E-state index in [9.17, 15) is 9.18 Å². The Morgan fingerprint density at radius 2 is 2.09 bits per heavy atom. The molecule has 7 heteroatoms. The summed E-state index contributed by atoms with van der Waals surface area (Å²) in [6.07, 6.45) is 1.62. The fourth-order valence-electron chi connectivity index (χ4n) is 2.95. The van der Waals surface area contributed by atoms with Gasteiger partial charge in [-0.05, 0) is 31.5 Å². The minimum Gasteiger partial charge on any atom is -0.334 e. The van der Waals surface area contributed by atoms with Gasteiger partial charge in [0.2, 0.25) is 0 Å². The van der Waals surface area contributed by atoms with Crippen LogP contribution < -0.4 is 5.32 Å². The summed E-state index contributed by atoms with van der Waals surface area (Å²) in [4.78, 5) is 14.3. The van der Waals surface area contributed by atoms with E-state index < -0.39 is 0 Å². The molecule has 1 N–H and O–H groups in total. The molecule has 0 aliphatic carbocycles. The first-order chi connectivity index (χ1) is 11.0. The number of piperazine rings is 1. The lowest BCUT2D eigenvalue weighted by molar-refractivity contribution is 0.0667. The summed E-state index contributed by atoms with van der Waals surface area (Å²) in [5.74, 6) is -0.404. The molecule has 3 rings (SSSR count). The summed E-state index contributed by atoms with van der Waals surface area (Å²) < 4.78 is 14.8. The van der Waals surface area contributed by atoms with Gasteiger partial charge in [0.15, 0.2) is 5.69 Å². The van der Waals surface area contributed by atoms with E-state index in [2.05, 4.69) is 29.5 Å². The number of hydrogen-bond acceptors (Lipinski definition) is 4. The van der Waals surface area contributed by atoms with E-state index in [0.717, 1.165) is 5.56 Å². The molecule has 0 unspecified atom stereocenters. The van der Waals surface area contributed by atoms with E-state index in [1.54, 1.807) is 21.8 Å². The zero-order valence-electron chi connectivity index (χ0n) is 13.2. The van der Waals surface area contributed by atoms with Crippen molar-refractivity contribution < 1.29 is 9.18 Å². The zero-order valence-corrected chi connectivity index (χ0v) is 13.2. The molecular formula is C16H20FN5O. The quantitative estimate of drug-likeness (QED) is 0.926. The van der Waals surface area contributed by atoms with Gasteiger partial charge in [-0.3, -0.25) is 4.79 Å². The average Bonchev–Trinajstić information content (AvgIpc) is 2.94. The van der Waals surface area contributed by atoms with E-state index in [4.69, 9.17) is 0 Å². The number of nitrogens with zero attached hydrogens (tertiary/aromatic N) is 4. The predicted molar refractivity (Wildman–Crippen MR) is 83.5 cm³/mol. The molecule has 2 aromatic rings. The van der Waals surface area contributed by atoms with Gasteiger partial charge in [-0.15, -0.1) is 5.10 Å². The average molecular weight is 317 g/mol. The van der Waals surface area contributed by atoms with Crippen molar-refractivity contribution in [3.05, 3.63) is 47.5 Å². The molecule has 6 nitrogen and oxygen atoms in total. The van der Waals surface area contributed by atoms with Gasteiger partial charge < -0.3 is 10.2 Å². The van der Waals surface area contributed by atoms with Crippen LogP contribution in [0.3, 0.4) is 0 Å². The molecule has 0 spiro atoms. The Hall–Kier alpha value is -2.28. The van der Waals surface area contributed by atoms with Gasteiger partial charge in [-0.2, -0.15) is 0 Å². The first kappa shape index (κ1) is 15.6. The second-order valence-electron chi connectivity index (χ2n) is 6.11. The van der Waals surface area contributed by atoms with Gasteiger partial charge in [0.05, 0.1) is 12.7 Å². The van der Waals surface area contributed by atoms with Crippen LogP contribution in [0.1, 0.15) is 29.9 Å². The summed E-state index contributed by atoms with van der Waals surface area (Å²) in [5.41, 5.74) is 1.10. The highest BCUT2D eigenvalue weighted by Gasteiger charge is 2.27. The maximum Gasteiger partial charge on any atom is 0.276 e. The van der Waals surface area contributed by atoms with E-state index in [1.807, 2.05) is 6.07 Å². The maximum atomic E-state index is 13.2. The number of aromatic nitrogens is 3. The van der Waals surface area contributed by atoms with Crippen LogP contribution in [0, 0.1) is 5.82 Å². The fraction of sp³-hybridized carbons (Fsp3) is 0.438. The number of halogens is 1. The highest BCUT2D eigenvalue weighted by Crippen LogP contribution is 2.10. The Morgan fingerprint density at radius 1 is 1.35 bits per heavy atom. The van der Waals surface area contributed by atoms with Crippen LogP contribution in [-0.4, -0.2) is 51.0 Å². The largest absolute Gasteiger partial charge is 0.334 e. The van der Waals surface area contributed by atoms with Crippen LogP contribution >= 0.6 is 0 Å². The van der Waals surface area contributed by atoms with Gasteiger partial charge in [0, 0.05) is 25.2 Å². The topological polar surface area (TPSA) is 63.1 Å². The highest BCUT2D eigenvalue weighted by molar-refractivity contribution is 5.92. The molecule has 23 heavy (non-hydrogen) atoms. The third-order valence-electron chi connectivity index (χ3n) is 3.84. The van der Waals surface area contributed by atoms with E-state index in [1.165, 1.54) is 12.1 Å². The first-order valence-electron chi connectivity index (χ1n) is 7.71. The van der Waals surface area contributed by atoms with Crippen molar-refractivity contribution in [2.75, 3.05) is 13.1 Å². The van der Waals surface area contributed by atoms with Crippen molar-refractivity contribution in [2.24, 2.45) is 0 Å². The van der Waals surface area contributed by atoms with E-state index >= 15 is 0 Å². The Balaban J connectivity index is 1.70. The standard InChI is InChI=1S/C16H20FN5O/c1-11-7-21(8-12(2)18-11)16(23)15-10-22(20-19-15)9-13-4-3-5-14(17)6-13/h3-6,10-12,18H,7-9H2,1-2H3/t11-,12-/m0/s1. The monoisotopic (exact) mass is 317 g/mol. The Bertz CT molecular complexity index is 691. The van der Waals surface area contributed by atoms with Crippen molar-refractivity contribution in [2.45, 2.75) is 32.5 Å². The smallest absolute Gasteiger partial charge is 0.276 e. The van der Waals surface area contributed by atoms with Crippen molar-refractivity contribution in [3.8, 4) is 0 Å². The van der Waals surface area contributed by atoms with Gasteiger partial charge in [0.1, 0.15) is 5.82 Å². The van der Waals surface area contributed by atoms with Crippen LogP contribution in [0.25, 0.3) is 0 Å². The summed E-state index contributed by atoms with van der Waals surface area (Å²) >= 11 is 0. The van der Waals surface area contributed by atoms with Gasteiger partial charge in [-0.25, -0.2) is 9.07 Å². The van der Waals surface area contributed by atoms with Crippen LogP contribution in [0.5, 0.6) is 0 Å². The van der Waals surface area contributed by atoms with Gasteiger partial charge >= 0.3 is 0 Å². The Kier molecular flexibility index (Phi) is 4.38. The van der Waals surface area contributed by atoms with Crippen molar-refractivity contribution in [1.82, 2.24) is 25.2 Å². The van der Waals surface area contributed by atoms with Crippen molar-refractivity contribution in [1.29, 1.82) is 0 Å². The number of benzene rings is 1. The first-order valence-corrected chi connectivity index (χ1v) is 7.71. The lowest BCUT2D eigenvalue weighted by atomic mass is 10.1. The molecule has 1 fully saturated rings. The molecular weight excluding hydrogens is 297 g/mol. The van der Waals surface area contributed by atoms with Gasteiger partial charge in [-0.1, -0.05) is 17.3 Å². The molecule has 0 saturated carbocycles. The van der Waals surface area contributed by atoms with Gasteiger partial charge in [0.25, 0.3) is 5.91 Å². The number of carbonyl (C=O) groups is 1. The summed E-state index contributed by atoms with van der Waals surface area (Å²) in [7, 11) is 0. The summed E-state index contributed by atoms with van der Waals surface area (Å²) in [5, 5.41) is 11.3. The van der Waals surface area contributed by atoms with Crippen LogP contribution in [0.15, 0.2) is 30.5 Å². The number of amides is 1. The lowest BCUT2D eigenvalue weighted by Gasteiger charge is -2.35. The highest BCUT2D eigenvalue weighted by atomic mass is 19.1. The van der Waals surface area contributed by atoms with Crippen LogP contribution in [0.4, 0.5) is 4.39 Å². The lowest BCUT2D eigenvalue weighted by Crippen LogP contribution is -2.55. The van der Waals surface area contributed by atoms with Crippen molar-refractivity contribution in [3.63, 3.8) is 0 Å². The zero-order chi connectivity index (χ0) is 16.4. The second kappa shape index (κ2) is 6.45. The van der Waals surface area contributed by atoms with Crippen LogP contribution in [-0.2, 0) is 6.54 Å². The third kappa shape index (κ3) is 3.73. The molecule has 0 bridgehead atoms. The molecule has 2 heterocycles. The molecule has 2 atom stereocenters. The van der Waals surface area contributed by atoms with E-state index in [0.29, 0.717) is 25.3 Å². The molecule has 1 aromatic carbocycles. The fourth-order valence-corrected chi connectivity index (χ4v) is 2.95. The molecule has 1 aliphatic rings. The number of rotatable bonds is 3. The molecule has 0 radical (unpaired) electrons. The number of carbonyl (C=O) groups excluding carboxylic acids is 1. The number of hydrogen-bond donors (Lipinski definition) is 1. The molecule has 1 saturated heterocycles. The molecule has 1 aromatic heterocycles. The van der Waals surface area contributed by atoms with E-state index in [-0.39, 0.29) is 23.8 Å². The normalized spacial score (nSPS) is 21.4. The summed E-state index contributed by atoms with van der Waals surface area (Å²) in [6.45, 7) is 5.79. The van der Waals surface area contributed by atoms with Crippen LogP contribution in [0.2, 0.25) is 0 Å². The Morgan fingerprint density at radius 3 is 2.78 bits per heavy atom. The minimum absolute atomic E-state index is 0.115. The predicted octanol–water partition coefficient (Wildman–Crippen LogP) is 1.29. The number of nitrogens with one attached hydrogen (secondary N) is 1. The maximum absolute atomic E-state index is 13.2. The molecule has 1 aliphatic heterocycles. The molecule has 1 amide bonds. The second-order valence-corrected chi connectivity index (χ2v) is 6.11. The third-order valence-corrected chi connectivity index (χ3v) is 3.84. The molecule has 122 valence electrons. The van der Waals surface area contributed by atoms with Crippen molar-refractivity contribution >= 4 is 5.91 Å². The Labute approximate surface area is 134 Å². The summed E-state index contributed by atoms with van der Waals surface area (Å²) in [6, 6.07) is 6.81.